The number of nitrogens with zero attached hydrogens (tertiary/aromatic N) is 1. The van der Waals surface area contributed by atoms with Crippen molar-refractivity contribution in [1.29, 1.82) is 0 Å². The highest BCUT2D eigenvalue weighted by Crippen LogP contribution is 2.19. The van der Waals surface area contributed by atoms with Crippen molar-refractivity contribution in [2.75, 3.05) is 18.8 Å². The summed E-state index contributed by atoms with van der Waals surface area (Å²) in [6.45, 7) is 5.32. The van der Waals surface area contributed by atoms with Gasteiger partial charge in [-0.25, -0.2) is 8.42 Å². The number of aliphatic carboxylic acids is 1. The lowest BCUT2D eigenvalue weighted by atomic mass is 9.97. The van der Waals surface area contributed by atoms with Gasteiger partial charge in [-0.05, 0) is 19.8 Å². The van der Waals surface area contributed by atoms with Crippen LogP contribution in [-0.2, 0) is 19.4 Å². The predicted molar refractivity (Wildman–Crippen MR) is 70.4 cm³/mol. The van der Waals surface area contributed by atoms with Crippen LogP contribution < -0.4 is 0 Å². The van der Waals surface area contributed by atoms with Crippen LogP contribution in [0.5, 0.6) is 0 Å². The molecule has 1 unspecified atom stereocenters. The largest absolute Gasteiger partial charge is 0.481 e. The summed E-state index contributed by atoms with van der Waals surface area (Å²) in [6, 6.07) is 0. The molecule has 1 saturated heterocycles. The highest BCUT2D eigenvalue weighted by Gasteiger charge is 2.33. The Bertz CT molecular complexity index is 463. The van der Waals surface area contributed by atoms with Crippen LogP contribution in [0.4, 0.5) is 0 Å². The molecule has 1 aliphatic heterocycles. The van der Waals surface area contributed by atoms with Crippen LogP contribution in [0.15, 0.2) is 12.7 Å². The van der Waals surface area contributed by atoms with Crippen LogP contribution in [-0.4, -0.2) is 54.4 Å². The van der Waals surface area contributed by atoms with Crippen molar-refractivity contribution in [3.63, 3.8) is 0 Å². The molecule has 0 aliphatic carbocycles. The van der Waals surface area contributed by atoms with Crippen LogP contribution in [0.2, 0.25) is 0 Å². The van der Waals surface area contributed by atoms with Gasteiger partial charge in [0.05, 0.1) is 11.7 Å². The summed E-state index contributed by atoms with van der Waals surface area (Å²) in [4.78, 5) is 24.3. The van der Waals surface area contributed by atoms with E-state index in [0.29, 0.717) is 25.9 Å². The topological polar surface area (TPSA) is 91.8 Å². The lowest BCUT2D eigenvalue weighted by Gasteiger charge is -2.31. The third-order valence-electron chi connectivity index (χ3n) is 3.39. The molecule has 1 heterocycles. The van der Waals surface area contributed by atoms with E-state index in [1.807, 2.05) is 0 Å². The Labute approximate surface area is 113 Å². The molecule has 1 atom stereocenters. The number of carbonyl (C=O) groups excluding carboxylic acids is 1. The predicted octanol–water partition coefficient (Wildman–Crippen LogP) is 0.299. The van der Waals surface area contributed by atoms with Gasteiger partial charge in [0.25, 0.3) is 0 Å². The average Bonchev–Trinajstić information content (AvgIpc) is 2.37. The average molecular weight is 289 g/mol. The van der Waals surface area contributed by atoms with Crippen LogP contribution in [0, 0.1) is 5.92 Å². The number of hydrogen-bond donors (Lipinski definition) is 1. The molecule has 0 spiro atoms. The minimum atomic E-state index is -3.51. The van der Waals surface area contributed by atoms with E-state index in [1.165, 1.54) is 17.9 Å². The van der Waals surface area contributed by atoms with E-state index in [0.717, 1.165) is 0 Å². The Balaban J connectivity index is 2.65. The molecule has 0 aromatic rings. The van der Waals surface area contributed by atoms with Gasteiger partial charge in [-0.15, -0.1) is 6.58 Å². The van der Waals surface area contributed by atoms with Crippen molar-refractivity contribution >= 4 is 21.7 Å². The molecule has 1 fully saturated rings. The third-order valence-corrected chi connectivity index (χ3v) is 5.37. The fourth-order valence-electron chi connectivity index (χ4n) is 2.07. The summed E-state index contributed by atoms with van der Waals surface area (Å²) in [6.07, 6.45) is 2.00. The van der Waals surface area contributed by atoms with Gasteiger partial charge in [-0.2, -0.15) is 0 Å². The van der Waals surface area contributed by atoms with Gasteiger partial charge >= 0.3 is 5.97 Å². The van der Waals surface area contributed by atoms with E-state index < -0.39 is 32.9 Å². The zero-order valence-electron chi connectivity index (χ0n) is 10.9. The van der Waals surface area contributed by atoms with E-state index in [2.05, 4.69) is 6.58 Å². The summed E-state index contributed by atoms with van der Waals surface area (Å²) in [5.41, 5.74) is 0. The minimum absolute atomic E-state index is 0.231. The monoisotopic (exact) mass is 289 g/mol. The zero-order valence-corrected chi connectivity index (χ0v) is 11.7. The summed E-state index contributed by atoms with van der Waals surface area (Å²) >= 11 is 0. The molecule has 0 saturated carbocycles. The standard InChI is InChI=1S/C12H19NO5S/c1-3-8-19(17,18)9(2)11(14)13-6-4-10(5-7-13)12(15)16/h3,9-10H,1,4-8H2,2H3,(H,15,16). The van der Waals surface area contributed by atoms with Crippen LogP contribution in [0.3, 0.4) is 0 Å². The molecule has 1 N–H and O–H groups in total. The van der Waals surface area contributed by atoms with E-state index in [9.17, 15) is 18.0 Å². The van der Waals surface area contributed by atoms with Crippen molar-refractivity contribution in [3.05, 3.63) is 12.7 Å². The molecule has 19 heavy (non-hydrogen) atoms. The van der Waals surface area contributed by atoms with Crippen LogP contribution >= 0.6 is 0 Å². The van der Waals surface area contributed by atoms with Gasteiger partial charge in [0, 0.05) is 13.1 Å². The SMILES string of the molecule is C=CCS(=O)(=O)C(C)C(=O)N1CCC(C(=O)O)CC1. The maximum Gasteiger partial charge on any atom is 0.306 e. The molecule has 1 aliphatic rings. The molecular formula is C12H19NO5S. The van der Waals surface area contributed by atoms with Crippen LogP contribution in [0.25, 0.3) is 0 Å². The Morgan fingerprint density at radius 2 is 1.95 bits per heavy atom. The summed E-state index contributed by atoms with van der Waals surface area (Å²) in [5, 5.41) is 7.76. The Hall–Kier alpha value is -1.37. The molecule has 108 valence electrons. The first kappa shape index (κ1) is 15.7. The number of piperidine rings is 1. The smallest absolute Gasteiger partial charge is 0.306 e. The van der Waals surface area contributed by atoms with Crippen molar-refractivity contribution < 1.29 is 23.1 Å². The van der Waals surface area contributed by atoms with Gasteiger partial charge in [0.2, 0.25) is 5.91 Å². The lowest BCUT2D eigenvalue weighted by molar-refractivity contribution is -0.145. The highest BCUT2D eigenvalue weighted by atomic mass is 32.2. The first-order chi connectivity index (χ1) is 8.79. The number of rotatable bonds is 5. The van der Waals surface area contributed by atoms with Gasteiger partial charge in [-0.3, -0.25) is 9.59 Å². The third kappa shape index (κ3) is 3.79. The second-order valence-corrected chi connectivity index (χ2v) is 7.06. The normalized spacial score (nSPS) is 18.9. The number of carboxylic acids is 1. The maximum absolute atomic E-state index is 12.1. The second kappa shape index (κ2) is 6.18. The molecule has 0 radical (unpaired) electrons. The van der Waals surface area contributed by atoms with Gasteiger partial charge < -0.3 is 10.0 Å². The number of carbonyl (C=O) groups is 2. The molecule has 1 amide bonds. The maximum atomic E-state index is 12.1. The van der Waals surface area contributed by atoms with Crippen molar-refractivity contribution in [3.8, 4) is 0 Å². The highest BCUT2D eigenvalue weighted by molar-refractivity contribution is 7.92. The fourth-order valence-corrected chi connectivity index (χ4v) is 3.14. The molecule has 6 nitrogen and oxygen atoms in total. The second-order valence-electron chi connectivity index (χ2n) is 4.70. The van der Waals surface area contributed by atoms with Gasteiger partial charge in [-0.1, -0.05) is 6.08 Å². The molecular weight excluding hydrogens is 270 g/mol. The molecule has 7 heteroatoms. The number of likely N-dealkylation sites (tertiary alicyclic amines) is 1. The quantitative estimate of drug-likeness (QED) is 0.735. The van der Waals surface area contributed by atoms with E-state index in [4.69, 9.17) is 5.11 Å². The van der Waals surface area contributed by atoms with Crippen molar-refractivity contribution in [1.82, 2.24) is 4.90 Å². The van der Waals surface area contributed by atoms with Gasteiger partial charge in [0.1, 0.15) is 5.25 Å². The summed E-state index contributed by atoms with van der Waals surface area (Å²) in [5.74, 6) is -1.99. The number of hydrogen-bond acceptors (Lipinski definition) is 4. The first-order valence-electron chi connectivity index (χ1n) is 6.13. The number of sulfone groups is 1. The zero-order chi connectivity index (χ0) is 14.6. The molecule has 0 aromatic heterocycles. The first-order valence-corrected chi connectivity index (χ1v) is 7.85. The van der Waals surface area contributed by atoms with E-state index >= 15 is 0 Å². The molecule has 1 rings (SSSR count). The fraction of sp³-hybridized carbons (Fsp3) is 0.667. The summed E-state index contributed by atoms with van der Waals surface area (Å²) in [7, 11) is -3.51. The van der Waals surface area contributed by atoms with Crippen LogP contribution in [0.1, 0.15) is 19.8 Å². The van der Waals surface area contributed by atoms with Crippen molar-refractivity contribution in [2.45, 2.75) is 25.0 Å². The Kier molecular flexibility index (Phi) is 5.11. The Morgan fingerprint density at radius 3 is 2.37 bits per heavy atom. The number of carboxylic acid groups (broad SMARTS) is 1. The summed E-state index contributed by atoms with van der Waals surface area (Å²) < 4.78 is 23.5. The van der Waals surface area contributed by atoms with E-state index in [1.54, 1.807) is 0 Å². The van der Waals surface area contributed by atoms with Gasteiger partial charge in [0.15, 0.2) is 9.84 Å². The number of amides is 1. The minimum Gasteiger partial charge on any atom is -0.481 e. The molecule has 0 aromatic carbocycles. The Morgan fingerprint density at radius 1 is 1.42 bits per heavy atom. The lowest BCUT2D eigenvalue weighted by Crippen LogP contribution is -2.46. The van der Waals surface area contributed by atoms with Crippen molar-refractivity contribution in [2.24, 2.45) is 5.92 Å². The van der Waals surface area contributed by atoms with E-state index in [-0.39, 0.29) is 5.75 Å². The molecule has 0 bridgehead atoms.